The molecule has 2 rings (SSSR count). The summed E-state index contributed by atoms with van der Waals surface area (Å²) in [5.74, 6) is 0.160. The third kappa shape index (κ3) is 3.28. The molecule has 17 heavy (non-hydrogen) atoms. The minimum Gasteiger partial charge on any atom is -0.316 e. The normalized spacial score (nSPS) is 22.9. The molecule has 0 aromatic carbocycles. The molecule has 96 valence electrons. The molecule has 1 aliphatic rings. The summed E-state index contributed by atoms with van der Waals surface area (Å²) in [6.45, 7) is 6.00. The van der Waals surface area contributed by atoms with Gasteiger partial charge in [0.15, 0.2) is 0 Å². The monoisotopic (exact) mass is 239 g/mol. The second kappa shape index (κ2) is 5.63. The Bertz CT molecular complexity index is 342. The van der Waals surface area contributed by atoms with Crippen LogP contribution >= 0.6 is 0 Å². The second-order valence-corrected chi connectivity index (χ2v) is 5.21. The first kappa shape index (κ1) is 12.6. The third-order valence-corrected chi connectivity index (χ3v) is 3.44. The molecule has 4 heteroatoms. The van der Waals surface area contributed by atoms with Crippen molar-refractivity contribution in [1.82, 2.24) is 15.1 Å². The van der Waals surface area contributed by atoms with Gasteiger partial charge in [0.25, 0.3) is 0 Å². The number of rotatable bonds is 4. The van der Waals surface area contributed by atoms with Crippen molar-refractivity contribution in [3.8, 4) is 0 Å². The molecule has 1 saturated heterocycles. The van der Waals surface area contributed by atoms with E-state index in [-0.39, 0.29) is 5.92 Å². The Kier molecular flexibility index (Phi) is 4.15. The maximum Gasteiger partial charge on any atom is 0.110 e. The van der Waals surface area contributed by atoms with Crippen LogP contribution in [0.3, 0.4) is 0 Å². The number of halogens is 1. The van der Waals surface area contributed by atoms with Crippen LogP contribution in [0, 0.1) is 5.92 Å². The number of alkyl halides is 1. The topological polar surface area (TPSA) is 29.9 Å². The molecule has 1 aromatic heterocycles. The largest absolute Gasteiger partial charge is 0.316 e. The van der Waals surface area contributed by atoms with E-state index in [1.54, 1.807) is 0 Å². The van der Waals surface area contributed by atoms with Crippen LogP contribution in [-0.2, 0) is 6.42 Å². The van der Waals surface area contributed by atoms with E-state index < -0.39 is 6.17 Å². The van der Waals surface area contributed by atoms with Gasteiger partial charge in [0.1, 0.15) is 6.17 Å². The van der Waals surface area contributed by atoms with Crippen molar-refractivity contribution in [3.63, 3.8) is 0 Å². The summed E-state index contributed by atoms with van der Waals surface area (Å²) in [6, 6.07) is 2.28. The van der Waals surface area contributed by atoms with Crippen LogP contribution in [0.2, 0.25) is 0 Å². The zero-order chi connectivity index (χ0) is 12.3. The number of piperidine rings is 1. The number of nitrogens with one attached hydrogen (secondary N) is 1. The molecule has 0 bridgehead atoms. The van der Waals surface area contributed by atoms with Gasteiger partial charge in [-0.2, -0.15) is 5.10 Å². The van der Waals surface area contributed by atoms with Gasteiger partial charge < -0.3 is 5.32 Å². The molecule has 0 amide bonds. The maximum absolute atomic E-state index is 14.1. The second-order valence-electron chi connectivity index (χ2n) is 5.21. The van der Waals surface area contributed by atoms with E-state index >= 15 is 0 Å². The molecule has 0 saturated carbocycles. The predicted octanol–water partition coefficient (Wildman–Crippen LogP) is 2.34. The van der Waals surface area contributed by atoms with Gasteiger partial charge in [-0.05, 0) is 39.3 Å². The molecule has 0 spiro atoms. The first-order valence-corrected chi connectivity index (χ1v) is 6.55. The van der Waals surface area contributed by atoms with Gasteiger partial charge in [-0.3, -0.25) is 4.68 Å². The number of hydrogen-bond acceptors (Lipinski definition) is 2. The fourth-order valence-electron chi connectivity index (χ4n) is 2.33. The first-order chi connectivity index (χ1) is 8.16. The van der Waals surface area contributed by atoms with Gasteiger partial charge in [0, 0.05) is 31.1 Å². The van der Waals surface area contributed by atoms with Crippen molar-refractivity contribution in [3.05, 3.63) is 18.0 Å². The van der Waals surface area contributed by atoms with E-state index in [1.165, 1.54) is 0 Å². The van der Waals surface area contributed by atoms with Crippen molar-refractivity contribution in [2.45, 2.75) is 45.3 Å². The summed E-state index contributed by atoms with van der Waals surface area (Å²) in [5, 5.41) is 7.66. The fraction of sp³-hybridized carbons (Fsp3) is 0.769. The highest BCUT2D eigenvalue weighted by atomic mass is 19.1. The smallest absolute Gasteiger partial charge is 0.110 e. The van der Waals surface area contributed by atoms with Crippen molar-refractivity contribution in [1.29, 1.82) is 0 Å². The van der Waals surface area contributed by atoms with E-state index in [4.69, 9.17) is 0 Å². The van der Waals surface area contributed by atoms with Gasteiger partial charge in [-0.25, -0.2) is 4.39 Å². The Hall–Kier alpha value is -0.900. The average Bonchev–Trinajstić information content (AvgIpc) is 2.79. The van der Waals surface area contributed by atoms with Crippen molar-refractivity contribution in [2.75, 3.05) is 13.1 Å². The lowest BCUT2D eigenvalue weighted by Gasteiger charge is -2.25. The number of nitrogens with zero attached hydrogens (tertiary/aromatic N) is 2. The quantitative estimate of drug-likeness (QED) is 0.874. The molecular formula is C13H22FN3. The van der Waals surface area contributed by atoms with Crippen LogP contribution in [0.4, 0.5) is 4.39 Å². The van der Waals surface area contributed by atoms with Crippen molar-refractivity contribution in [2.24, 2.45) is 5.92 Å². The highest BCUT2D eigenvalue weighted by Crippen LogP contribution is 2.20. The molecule has 2 unspecified atom stereocenters. The highest BCUT2D eigenvalue weighted by molar-refractivity contribution is 5.02. The third-order valence-electron chi connectivity index (χ3n) is 3.44. The summed E-state index contributed by atoms with van der Waals surface area (Å²) < 4.78 is 16.0. The Morgan fingerprint density at radius 2 is 2.41 bits per heavy atom. The molecule has 1 fully saturated rings. The molecule has 0 aliphatic carbocycles. The van der Waals surface area contributed by atoms with Crippen LogP contribution in [0.5, 0.6) is 0 Å². The zero-order valence-electron chi connectivity index (χ0n) is 10.7. The summed E-state index contributed by atoms with van der Waals surface area (Å²) in [5.41, 5.74) is 0.872. The summed E-state index contributed by atoms with van der Waals surface area (Å²) in [6.07, 6.45) is 3.71. The molecule has 1 aliphatic heterocycles. The first-order valence-electron chi connectivity index (χ1n) is 6.55. The lowest BCUT2D eigenvalue weighted by molar-refractivity contribution is 0.189. The molecule has 2 atom stereocenters. The molecular weight excluding hydrogens is 217 g/mol. The standard InChI is InChI=1S/C13H22FN3/c1-10(2)17-7-5-12(16-17)8-13(14)11-4-3-6-15-9-11/h5,7,10-11,13,15H,3-4,6,8-9H2,1-2H3. The lowest BCUT2D eigenvalue weighted by Crippen LogP contribution is -2.35. The Labute approximate surface area is 102 Å². The van der Waals surface area contributed by atoms with E-state index in [2.05, 4.69) is 24.3 Å². The zero-order valence-corrected chi connectivity index (χ0v) is 10.7. The average molecular weight is 239 g/mol. The van der Waals surface area contributed by atoms with Crippen LogP contribution in [-0.4, -0.2) is 29.0 Å². The van der Waals surface area contributed by atoms with Crippen LogP contribution in [0.15, 0.2) is 12.3 Å². The molecule has 2 heterocycles. The molecule has 3 nitrogen and oxygen atoms in total. The van der Waals surface area contributed by atoms with Crippen molar-refractivity contribution < 1.29 is 4.39 Å². The summed E-state index contributed by atoms with van der Waals surface area (Å²) in [4.78, 5) is 0. The van der Waals surface area contributed by atoms with Crippen LogP contribution in [0.25, 0.3) is 0 Å². The predicted molar refractivity (Wildman–Crippen MR) is 66.8 cm³/mol. The fourth-order valence-corrected chi connectivity index (χ4v) is 2.33. The Morgan fingerprint density at radius 3 is 3.00 bits per heavy atom. The molecule has 0 radical (unpaired) electrons. The van der Waals surface area contributed by atoms with Crippen LogP contribution in [0.1, 0.15) is 38.4 Å². The molecule has 1 aromatic rings. The minimum absolute atomic E-state index is 0.160. The van der Waals surface area contributed by atoms with E-state index in [9.17, 15) is 4.39 Å². The Morgan fingerprint density at radius 1 is 1.59 bits per heavy atom. The van der Waals surface area contributed by atoms with Gasteiger partial charge in [0.2, 0.25) is 0 Å². The molecule has 1 N–H and O–H groups in total. The van der Waals surface area contributed by atoms with Gasteiger partial charge >= 0.3 is 0 Å². The minimum atomic E-state index is -0.765. The maximum atomic E-state index is 14.1. The summed E-state index contributed by atoms with van der Waals surface area (Å²) in [7, 11) is 0. The Balaban J connectivity index is 1.90. The van der Waals surface area contributed by atoms with E-state index in [1.807, 2.05) is 16.9 Å². The lowest BCUT2D eigenvalue weighted by atomic mass is 9.92. The highest BCUT2D eigenvalue weighted by Gasteiger charge is 2.24. The van der Waals surface area contributed by atoms with Gasteiger partial charge in [-0.1, -0.05) is 0 Å². The van der Waals surface area contributed by atoms with E-state index in [0.29, 0.717) is 12.5 Å². The van der Waals surface area contributed by atoms with Crippen LogP contribution < -0.4 is 5.32 Å². The SMILES string of the molecule is CC(C)n1ccc(CC(F)C2CCCNC2)n1. The number of hydrogen-bond donors (Lipinski definition) is 1. The van der Waals surface area contributed by atoms with E-state index in [0.717, 1.165) is 31.6 Å². The van der Waals surface area contributed by atoms with Gasteiger partial charge in [0.05, 0.1) is 5.69 Å². The van der Waals surface area contributed by atoms with Gasteiger partial charge in [-0.15, -0.1) is 0 Å². The number of aromatic nitrogens is 2. The van der Waals surface area contributed by atoms with Crippen molar-refractivity contribution >= 4 is 0 Å². The summed E-state index contributed by atoms with van der Waals surface area (Å²) >= 11 is 0.